The molecular weight excluding hydrogens is 346 g/mol. The fourth-order valence-electron chi connectivity index (χ4n) is 5.27. The third-order valence-electron chi connectivity index (χ3n) is 6.57. The molecule has 0 saturated carbocycles. The molecule has 132 valence electrons. The average molecular weight is 372 g/mol. The summed E-state index contributed by atoms with van der Waals surface area (Å²) in [5, 5.41) is 10.9. The Kier molecular flexibility index (Phi) is 3.65. The van der Waals surface area contributed by atoms with E-state index in [0.717, 1.165) is 12.0 Å². The molecule has 2 aliphatic carbocycles. The van der Waals surface area contributed by atoms with Gasteiger partial charge < -0.3 is 9.67 Å². The summed E-state index contributed by atoms with van der Waals surface area (Å²) >= 11 is 4.34. The fraction of sp³-hybridized carbons (Fsp3) is 0.524. The van der Waals surface area contributed by atoms with E-state index < -0.39 is 0 Å². The van der Waals surface area contributed by atoms with E-state index in [9.17, 15) is 5.11 Å². The van der Waals surface area contributed by atoms with E-state index in [-0.39, 0.29) is 12.0 Å². The predicted octanol–water partition coefficient (Wildman–Crippen LogP) is 4.77. The van der Waals surface area contributed by atoms with Gasteiger partial charge in [-0.15, -0.1) is 23.5 Å². The Bertz CT molecular complexity index is 891. The van der Waals surface area contributed by atoms with Gasteiger partial charge in [0.25, 0.3) is 0 Å². The van der Waals surface area contributed by atoms with Gasteiger partial charge in [-0.2, -0.15) is 0 Å². The molecule has 1 aromatic heterocycles. The highest BCUT2D eigenvalue weighted by molar-refractivity contribution is 8.21. The highest BCUT2D eigenvalue weighted by Gasteiger charge is 2.47. The summed E-state index contributed by atoms with van der Waals surface area (Å²) in [5.74, 6) is 2.60. The van der Waals surface area contributed by atoms with Crippen LogP contribution in [0.4, 0.5) is 0 Å². The minimum atomic E-state index is 0.116. The van der Waals surface area contributed by atoms with Crippen molar-refractivity contribution in [3.8, 4) is 0 Å². The third-order valence-corrected chi connectivity index (χ3v) is 9.98. The number of hydrogen-bond donors (Lipinski definition) is 1. The second kappa shape index (κ2) is 5.58. The van der Waals surface area contributed by atoms with E-state index in [1.165, 1.54) is 47.4 Å². The molecule has 1 unspecified atom stereocenters. The van der Waals surface area contributed by atoms with Crippen molar-refractivity contribution < 1.29 is 5.11 Å². The first-order chi connectivity index (χ1) is 12.1. The number of aromatic nitrogens is 1. The smallest absolute Gasteiger partial charge is 0.0795 e. The number of thioether (sulfide) groups is 2. The zero-order chi connectivity index (χ0) is 17.2. The van der Waals surface area contributed by atoms with Crippen molar-refractivity contribution >= 4 is 34.4 Å². The van der Waals surface area contributed by atoms with Crippen molar-refractivity contribution in [1.29, 1.82) is 0 Å². The van der Waals surface area contributed by atoms with Crippen LogP contribution < -0.4 is 0 Å². The maximum Gasteiger partial charge on any atom is 0.0795 e. The van der Waals surface area contributed by atoms with E-state index in [1.54, 1.807) is 11.1 Å². The quantitative estimate of drug-likeness (QED) is 0.731. The van der Waals surface area contributed by atoms with E-state index in [4.69, 9.17) is 0 Å². The van der Waals surface area contributed by atoms with Crippen LogP contribution in [0.3, 0.4) is 0 Å². The van der Waals surface area contributed by atoms with Crippen LogP contribution in [0.5, 0.6) is 0 Å². The Balaban J connectivity index is 1.70. The fourth-order valence-corrected chi connectivity index (χ4v) is 8.41. The number of nitrogens with zero attached hydrogens (tertiary/aromatic N) is 1. The van der Waals surface area contributed by atoms with Crippen molar-refractivity contribution in [2.75, 3.05) is 11.5 Å². The third kappa shape index (κ3) is 2.23. The average Bonchev–Trinajstić information content (AvgIpc) is 3.19. The number of fused-ring (bicyclic) bond motifs is 5. The number of allylic oxidation sites excluding steroid dienone is 1. The summed E-state index contributed by atoms with van der Waals surface area (Å²) in [6.07, 6.45) is 7.54. The zero-order valence-electron chi connectivity index (χ0n) is 15.0. The molecule has 1 spiro atoms. The lowest BCUT2D eigenvalue weighted by atomic mass is 9.65. The SMILES string of the molecule is Cn1c2c(c3ccc(CO)cc31)CCC1=CC3(CCC12C)SCCS3. The van der Waals surface area contributed by atoms with Crippen LogP contribution in [0.15, 0.2) is 29.8 Å². The summed E-state index contributed by atoms with van der Waals surface area (Å²) in [6, 6.07) is 6.48. The summed E-state index contributed by atoms with van der Waals surface area (Å²) in [5.41, 5.74) is 7.20. The predicted molar refractivity (Wildman–Crippen MR) is 109 cm³/mol. The van der Waals surface area contributed by atoms with Gasteiger partial charge in [-0.25, -0.2) is 0 Å². The molecule has 2 nitrogen and oxygen atoms in total. The largest absolute Gasteiger partial charge is 0.392 e. The first-order valence-corrected chi connectivity index (χ1v) is 11.3. The van der Waals surface area contributed by atoms with Gasteiger partial charge >= 0.3 is 0 Å². The molecule has 1 fully saturated rings. The number of aryl methyl sites for hydroxylation is 2. The van der Waals surface area contributed by atoms with Gasteiger partial charge in [0, 0.05) is 40.6 Å². The van der Waals surface area contributed by atoms with Crippen LogP contribution >= 0.6 is 23.5 Å². The van der Waals surface area contributed by atoms with Gasteiger partial charge in [-0.1, -0.05) is 30.7 Å². The normalized spacial score (nSPS) is 27.4. The van der Waals surface area contributed by atoms with Crippen LogP contribution in [-0.2, 0) is 25.5 Å². The van der Waals surface area contributed by atoms with E-state index >= 15 is 0 Å². The van der Waals surface area contributed by atoms with E-state index in [0.29, 0.717) is 4.08 Å². The molecule has 1 atom stereocenters. The topological polar surface area (TPSA) is 25.2 Å². The van der Waals surface area contributed by atoms with Crippen molar-refractivity contribution in [2.45, 2.75) is 48.7 Å². The number of rotatable bonds is 1. The maximum absolute atomic E-state index is 9.52. The van der Waals surface area contributed by atoms with Gasteiger partial charge in [0.05, 0.1) is 10.7 Å². The maximum atomic E-state index is 9.52. The Morgan fingerprint density at radius 2 is 1.96 bits per heavy atom. The minimum absolute atomic E-state index is 0.116. The van der Waals surface area contributed by atoms with Crippen LogP contribution in [0.25, 0.3) is 10.9 Å². The zero-order valence-corrected chi connectivity index (χ0v) is 16.6. The molecule has 3 aliphatic rings. The Labute approximate surface area is 158 Å². The monoisotopic (exact) mass is 371 g/mol. The van der Waals surface area contributed by atoms with Crippen LogP contribution in [0.2, 0.25) is 0 Å². The van der Waals surface area contributed by atoms with Crippen molar-refractivity contribution in [3.05, 3.63) is 46.7 Å². The summed E-state index contributed by atoms with van der Waals surface area (Å²) < 4.78 is 2.78. The van der Waals surface area contributed by atoms with Gasteiger partial charge in [-0.3, -0.25) is 0 Å². The Hall–Kier alpha value is -0.840. The molecule has 1 saturated heterocycles. The lowest BCUT2D eigenvalue weighted by Crippen LogP contribution is -2.38. The lowest BCUT2D eigenvalue weighted by molar-refractivity contribution is 0.282. The summed E-state index contributed by atoms with van der Waals surface area (Å²) in [6.45, 7) is 2.59. The van der Waals surface area contributed by atoms with Crippen LogP contribution in [-0.4, -0.2) is 25.3 Å². The molecular formula is C21H25NOS2. The molecule has 2 aromatic rings. The highest BCUT2D eigenvalue weighted by atomic mass is 32.2. The van der Waals surface area contributed by atoms with Crippen LogP contribution in [0.1, 0.15) is 43.0 Å². The molecule has 1 aliphatic heterocycles. The molecule has 4 heteroatoms. The van der Waals surface area contributed by atoms with Crippen molar-refractivity contribution in [1.82, 2.24) is 4.57 Å². The van der Waals surface area contributed by atoms with Crippen molar-refractivity contribution in [3.63, 3.8) is 0 Å². The number of benzene rings is 1. The van der Waals surface area contributed by atoms with Gasteiger partial charge in [0.15, 0.2) is 0 Å². The molecule has 5 rings (SSSR count). The first kappa shape index (κ1) is 16.3. The number of aliphatic hydroxyl groups excluding tert-OH is 1. The Morgan fingerprint density at radius 3 is 2.72 bits per heavy atom. The summed E-state index contributed by atoms with van der Waals surface area (Å²) in [7, 11) is 2.22. The second-order valence-corrected chi connectivity index (χ2v) is 11.0. The van der Waals surface area contributed by atoms with Crippen molar-refractivity contribution in [2.24, 2.45) is 7.05 Å². The molecule has 0 radical (unpaired) electrons. The lowest BCUT2D eigenvalue weighted by Gasteiger charge is -2.45. The molecule has 25 heavy (non-hydrogen) atoms. The molecule has 2 heterocycles. The van der Waals surface area contributed by atoms with E-state index in [1.807, 2.05) is 0 Å². The molecule has 0 amide bonds. The van der Waals surface area contributed by atoms with Crippen LogP contribution in [0, 0.1) is 0 Å². The second-order valence-electron chi connectivity index (χ2n) is 7.91. The number of aliphatic hydroxyl groups is 1. The summed E-state index contributed by atoms with van der Waals surface area (Å²) in [4.78, 5) is 0. The number of hydrogen-bond acceptors (Lipinski definition) is 3. The highest BCUT2D eigenvalue weighted by Crippen LogP contribution is 2.58. The molecule has 1 N–H and O–H groups in total. The first-order valence-electron chi connectivity index (χ1n) is 9.28. The van der Waals surface area contributed by atoms with Gasteiger partial charge in [0.1, 0.15) is 0 Å². The van der Waals surface area contributed by atoms with Gasteiger partial charge in [-0.05, 0) is 42.9 Å². The van der Waals surface area contributed by atoms with Gasteiger partial charge in [0.2, 0.25) is 0 Å². The Morgan fingerprint density at radius 1 is 1.16 bits per heavy atom. The van der Waals surface area contributed by atoms with E-state index in [2.05, 4.69) is 66.3 Å². The molecule has 0 bridgehead atoms. The minimum Gasteiger partial charge on any atom is -0.392 e. The molecule has 1 aromatic carbocycles. The standard InChI is InChI=1S/C21H25NOS2/c1-20-7-8-21(24-9-10-25-21)12-15(20)4-6-17-16-5-3-14(13-23)11-18(16)22(2)19(17)20/h3,5,11-12,23H,4,6-10,13H2,1-2H3.